The summed E-state index contributed by atoms with van der Waals surface area (Å²) in [5.41, 5.74) is 7.28. The number of hydrogen-bond acceptors (Lipinski definition) is 8. The molecule has 2 amide bonds. The molecular formula is C30H34N6O8S. The SMILES string of the molecule is N=C(N)c1ccc(CNC(=O)[C@H](CCC(=O)O)NC(=O)[C@@H](CCc2ccccc2)NS(=O)(=O)Cc2cccc([N+](=O)[O-])c2)cc1. The van der Waals surface area contributed by atoms with Gasteiger partial charge in [0.25, 0.3) is 5.69 Å². The van der Waals surface area contributed by atoms with Crippen molar-refractivity contribution >= 4 is 39.3 Å². The second-order valence-corrected chi connectivity index (χ2v) is 12.0. The Hall–Kier alpha value is -5.15. The molecule has 14 nitrogen and oxygen atoms in total. The number of sulfonamides is 1. The maximum Gasteiger partial charge on any atom is 0.303 e. The zero-order chi connectivity index (χ0) is 33.0. The van der Waals surface area contributed by atoms with Crippen LogP contribution >= 0.6 is 0 Å². The van der Waals surface area contributed by atoms with Crippen LogP contribution in [0.25, 0.3) is 0 Å². The molecule has 0 aliphatic carbocycles. The third kappa shape index (κ3) is 11.5. The Labute approximate surface area is 259 Å². The Morgan fingerprint density at radius 1 is 0.889 bits per heavy atom. The van der Waals surface area contributed by atoms with E-state index in [2.05, 4.69) is 15.4 Å². The molecule has 7 N–H and O–H groups in total. The second kappa shape index (κ2) is 16.1. The number of nitrogens with one attached hydrogen (secondary N) is 4. The predicted molar refractivity (Wildman–Crippen MR) is 166 cm³/mol. The van der Waals surface area contributed by atoms with Gasteiger partial charge in [0.05, 0.1) is 10.7 Å². The average molecular weight is 639 g/mol. The van der Waals surface area contributed by atoms with E-state index in [1.807, 2.05) is 0 Å². The summed E-state index contributed by atoms with van der Waals surface area (Å²) in [7, 11) is -4.22. The zero-order valence-corrected chi connectivity index (χ0v) is 25.0. The minimum absolute atomic E-state index is 0.000217. The number of carbonyl (C=O) groups is 3. The van der Waals surface area contributed by atoms with Gasteiger partial charge in [-0.2, -0.15) is 0 Å². The number of nitro benzene ring substituents is 1. The van der Waals surface area contributed by atoms with Crippen LogP contribution < -0.4 is 21.1 Å². The van der Waals surface area contributed by atoms with E-state index in [0.717, 1.165) is 11.6 Å². The van der Waals surface area contributed by atoms with Crippen molar-refractivity contribution in [3.63, 3.8) is 0 Å². The first-order chi connectivity index (χ1) is 21.3. The van der Waals surface area contributed by atoms with Crippen LogP contribution in [0.2, 0.25) is 0 Å². The Morgan fingerprint density at radius 2 is 1.56 bits per heavy atom. The van der Waals surface area contributed by atoms with Crippen molar-refractivity contribution in [2.75, 3.05) is 0 Å². The highest BCUT2D eigenvalue weighted by Crippen LogP contribution is 2.16. The molecule has 0 saturated heterocycles. The number of rotatable bonds is 17. The van der Waals surface area contributed by atoms with Crippen LogP contribution in [0.5, 0.6) is 0 Å². The quantitative estimate of drug-likeness (QED) is 0.0548. The van der Waals surface area contributed by atoms with Gasteiger partial charge < -0.3 is 21.5 Å². The average Bonchev–Trinajstić information content (AvgIpc) is 3.00. The molecule has 3 aromatic rings. The van der Waals surface area contributed by atoms with E-state index in [-0.39, 0.29) is 36.5 Å². The fraction of sp³-hybridized carbons (Fsp3) is 0.267. The van der Waals surface area contributed by atoms with E-state index in [0.29, 0.717) is 17.5 Å². The molecule has 0 aromatic heterocycles. The van der Waals surface area contributed by atoms with Crippen LogP contribution in [0.4, 0.5) is 5.69 Å². The molecule has 3 rings (SSSR count). The number of nitrogen functional groups attached to an aromatic ring is 1. The van der Waals surface area contributed by atoms with Gasteiger partial charge in [0.1, 0.15) is 17.9 Å². The number of aliphatic carboxylic acids is 1. The van der Waals surface area contributed by atoms with Crippen molar-refractivity contribution in [1.82, 2.24) is 15.4 Å². The molecule has 45 heavy (non-hydrogen) atoms. The lowest BCUT2D eigenvalue weighted by Gasteiger charge is -2.23. The Bertz CT molecular complexity index is 1630. The lowest BCUT2D eigenvalue weighted by molar-refractivity contribution is -0.384. The Kier molecular flexibility index (Phi) is 12.3. The minimum atomic E-state index is -4.22. The molecule has 0 saturated carbocycles. The summed E-state index contributed by atoms with van der Waals surface area (Å²) < 4.78 is 28.6. The van der Waals surface area contributed by atoms with E-state index in [4.69, 9.17) is 11.1 Å². The van der Waals surface area contributed by atoms with E-state index in [9.17, 15) is 38.0 Å². The summed E-state index contributed by atoms with van der Waals surface area (Å²) in [6, 6.07) is 17.9. The molecule has 2 atom stereocenters. The van der Waals surface area contributed by atoms with Crippen molar-refractivity contribution < 1.29 is 32.8 Å². The molecular weight excluding hydrogens is 604 g/mol. The van der Waals surface area contributed by atoms with Crippen LogP contribution in [-0.2, 0) is 43.1 Å². The maximum absolute atomic E-state index is 13.5. The maximum atomic E-state index is 13.5. The van der Waals surface area contributed by atoms with Crippen LogP contribution in [0, 0.1) is 15.5 Å². The van der Waals surface area contributed by atoms with Crippen molar-refractivity contribution in [2.45, 2.75) is 50.1 Å². The number of hydrogen-bond donors (Lipinski definition) is 6. The standard InChI is InChI=1S/C30H34N6O8S/c31-28(32)23-12-9-21(10-13-23)18-33-29(39)25(15-16-27(37)38)34-30(40)26(14-11-20-5-2-1-3-6-20)35-45(43,44)19-22-7-4-8-24(17-22)36(41)42/h1-10,12-13,17,25-26,35H,11,14-16,18-19H2,(H3,31,32)(H,33,39)(H,34,40)(H,37,38)/t25-,26+/m0/s1. The van der Waals surface area contributed by atoms with Crippen molar-refractivity contribution in [3.8, 4) is 0 Å². The number of non-ortho nitro benzene ring substituents is 1. The zero-order valence-electron chi connectivity index (χ0n) is 24.1. The fourth-order valence-corrected chi connectivity index (χ4v) is 5.72. The number of nitro groups is 1. The fourth-order valence-electron chi connectivity index (χ4n) is 4.36. The first kappa shape index (κ1) is 34.3. The summed E-state index contributed by atoms with van der Waals surface area (Å²) in [6.45, 7) is 0.0315. The van der Waals surface area contributed by atoms with Gasteiger partial charge in [-0.05, 0) is 36.0 Å². The third-order valence-electron chi connectivity index (χ3n) is 6.69. The number of benzene rings is 3. The molecule has 0 spiro atoms. The molecule has 0 aliphatic heterocycles. The highest BCUT2D eigenvalue weighted by Gasteiger charge is 2.29. The van der Waals surface area contributed by atoms with Crippen LogP contribution in [-0.4, -0.2) is 54.2 Å². The van der Waals surface area contributed by atoms with Gasteiger partial charge in [-0.25, -0.2) is 13.1 Å². The van der Waals surface area contributed by atoms with E-state index in [1.165, 1.54) is 18.2 Å². The monoisotopic (exact) mass is 638 g/mol. The highest BCUT2D eigenvalue weighted by atomic mass is 32.2. The number of nitrogens with zero attached hydrogens (tertiary/aromatic N) is 1. The number of amides is 2. The lowest BCUT2D eigenvalue weighted by atomic mass is 10.0. The van der Waals surface area contributed by atoms with Crippen molar-refractivity contribution in [1.29, 1.82) is 5.41 Å². The molecule has 0 heterocycles. The van der Waals surface area contributed by atoms with E-state index >= 15 is 0 Å². The van der Waals surface area contributed by atoms with Gasteiger partial charge in [-0.15, -0.1) is 0 Å². The molecule has 238 valence electrons. The number of carboxylic acid groups (broad SMARTS) is 1. The third-order valence-corrected chi connectivity index (χ3v) is 8.05. The van der Waals surface area contributed by atoms with E-state index in [1.54, 1.807) is 54.6 Å². The van der Waals surface area contributed by atoms with Gasteiger partial charge in [0, 0.05) is 30.7 Å². The first-order valence-electron chi connectivity index (χ1n) is 13.8. The van der Waals surface area contributed by atoms with Crippen molar-refractivity contribution in [2.24, 2.45) is 5.73 Å². The molecule has 0 radical (unpaired) electrons. The van der Waals surface area contributed by atoms with Crippen LogP contribution in [0.3, 0.4) is 0 Å². The Morgan fingerprint density at radius 3 is 2.18 bits per heavy atom. The molecule has 0 aliphatic rings. The van der Waals surface area contributed by atoms with Gasteiger partial charge in [0.2, 0.25) is 21.8 Å². The summed E-state index contributed by atoms with van der Waals surface area (Å²) in [5, 5.41) is 33.0. The topological polar surface area (TPSA) is 235 Å². The normalized spacial score (nSPS) is 12.4. The molecule has 0 fully saturated rings. The predicted octanol–water partition coefficient (Wildman–Crippen LogP) is 1.97. The number of aryl methyl sites for hydroxylation is 1. The molecule has 3 aromatic carbocycles. The number of amidine groups is 1. The molecule has 15 heteroatoms. The molecule has 0 bridgehead atoms. The summed E-state index contributed by atoms with van der Waals surface area (Å²) in [5.74, 6) is -3.48. The van der Waals surface area contributed by atoms with Gasteiger partial charge in [-0.3, -0.25) is 29.9 Å². The summed E-state index contributed by atoms with van der Waals surface area (Å²) >= 11 is 0. The van der Waals surface area contributed by atoms with Gasteiger partial charge >= 0.3 is 5.97 Å². The largest absolute Gasteiger partial charge is 0.481 e. The number of nitrogens with two attached hydrogens (primary N) is 1. The lowest BCUT2D eigenvalue weighted by Crippen LogP contribution is -2.54. The number of carboxylic acids is 1. The van der Waals surface area contributed by atoms with Crippen LogP contribution in [0.1, 0.15) is 41.5 Å². The smallest absolute Gasteiger partial charge is 0.303 e. The second-order valence-electron chi connectivity index (χ2n) is 10.2. The number of carbonyl (C=O) groups excluding carboxylic acids is 2. The molecule has 0 unspecified atom stereocenters. The summed E-state index contributed by atoms with van der Waals surface area (Å²) in [6.07, 6.45) is -0.416. The summed E-state index contributed by atoms with van der Waals surface area (Å²) in [4.78, 5) is 48.3. The van der Waals surface area contributed by atoms with E-state index < -0.39 is 57.0 Å². The van der Waals surface area contributed by atoms with Gasteiger partial charge in [0.15, 0.2) is 0 Å². The van der Waals surface area contributed by atoms with Crippen molar-refractivity contribution in [3.05, 3.63) is 111 Å². The minimum Gasteiger partial charge on any atom is -0.481 e. The van der Waals surface area contributed by atoms with Crippen LogP contribution in [0.15, 0.2) is 78.9 Å². The highest BCUT2D eigenvalue weighted by molar-refractivity contribution is 7.88. The van der Waals surface area contributed by atoms with Gasteiger partial charge in [-0.1, -0.05) is 66.7 Å². The first-order valence-corrected chi connectivity index (χ1v) is 15.5. The Balaban J connectivity index is 1.77.